The number of hydrogen-bond acceptors (Lipinski definition) is 3. The third-order valence-electron chi connectivity index (χ3n) is 2.68. The predicted octanol–water partition coefficient (Wildman–Crippen LogP) is 2.31. The van der Waals surface area contributed by atoms with Gasteiger partial charge in [0.15, 0.2) is 0 Å². The van der Waals surface area contributed by atoms with Crippen molar-refractivity contribution in [3.05, 3.63) is 0 Å². The zero-order valence-electron chi connectivity index (χ0n) is 10.7. The molecule has 3 nitrogen and oxygen atoms in total. The molecule has 90 valence electrons. The summed E-state index contributed by atoms with van der Waals surface area (Å²) in [4.78, 5) is 13.2. The van der Waals surface area contributed by atoms with Gasteiger partial charge in [-0.15, -0.1) is 0 Å². The molecule has 0 N–H and O–H groups in total. The molecule has 0 heterocycles. The molecule has 0 saturated heterocycles. The summed E-state index contributed by atoms with van der Waals surface area (Å²) in [7, 11) is 3.55. The van der Waals surface area contributed by atoms with Gasteiger partial charge in [0.2, 0.25) is 0 Å². The molecule has 1 atom stereocenters. The lowest BCUT2D eigenvalue weighted by Gasteiger charge is -2.25. The standard InChI is InChI=1S/C12H25NO2/c1-10(2)9-11(3)13(4)8-6-7-12(14)15-5/h10-11H,6-9H2,1-5H3. The van der Waals surface area contributed by atoms with Crippen LogP contribution in [0.3, 0.4) is 0 Å². The molecule has 0 aromatic heterocycles. The number of rotatable bonds is 7. The largest absolute Gasteiger partial charge is 0.469 e. The Labute approximate surface area is 93.8 Å². The van der Waals surface area contributed by atoms with Gasteiger partial charge in [0.1, 0.15) is 0 Å². The fourth-order valence-corrected chi connectivity index (χ4v) is 1.66. The first kappa shape index (κ1) is 14.4. The van der Waals surface area contributed by atoms with E-state index in [0.717, 1.165) is 18.9 Å². The van der Waals surface area contributed by atoms with Gasteiger partial charge in [-0.05, 0) is 39.3 Å². The van der Waals surface area contributed by atoms with Crippen LogP contribution < -0.4 is 0 Å². The van der Waals surface area contributed by atoms with Gasteiger partial charge >= 0.3 is 5.97 Å². The molecule has 0 aliphatic carbocycles. The summed E-state index contributed by atoms with van der Waals surface area (Å²) in [5.74, 6) is 0.614. The minimum atomic E-state index is -0.111. The molecule has 0 rings (SSSR count). The normalized spacial score (nSPS) is 13.3. The van der Waals surface area contributed by atoms with Gasteiger partial charge in [-0.1, -0.05) is 13.8 Å². The molecular formula is C12H25NO2. The SMILES string of the molecule is COC(=O)CCCN(C)C(C)CC(C)C. The Morgan fingerprint density at radius 1 is 1.33 bits per heavy atom. The van der Waals surface area contributed by atoms with E-state index in [1.54, 1.807) is 0 Å². The molecule has 1 unspecified atom stereocenters. The second-order valence-corrected chi connectivity index (χ2v) is 4.64. The average molecular weight is 215 g/mol. The van der Waals surface area contributed by atoms with Gasteiger partial charge in [-0.3, -0.25) is 4.79 Å². The van der Waals surface area contributed by atoms with E-state index in [4.69, 9.17) is 0 Å². The van der Waals surface area contributed by atoms with Crippen LogP contribution in [0, 0.1) is 5.92 Å². The van der Waals surface area contributed by atoms with E-state index in [-0.39, 0.29) is 5.97 Å². The third-order valence-corrected chi connectivity index (χ3v) is 2.68. The van der Waals surface area contributed by atoms with Crippen molar-refractivity contribution in [1.82, 2.24) is 4.90 Å². The van der Waals surface area contributed by atoms with Crippen molar-refractivity contribution in [2.75, 3.05) is 20.7 Å². The second kappa shape index (κ2) is 7.69. The van der Waals surface area contributed by atoms with Gasteiger partial charge < -0.3 is 9.64 Å². The van der Waals surface area contributed by atoms with Crippen LogP contribution in [0.4, 0.5) is 0 Å². The summed E-state index contributed by atoms with van der Waals surface area (Å²) in [6.07, 6.45) is 2.61. The maximum atomic E-state index is 10.9. The first-order chi connectivity index (χ1) is 6.97. The van der Waals surface area contributed by atoms with E-state index in [1.165, 1.54) is 13.5 Å². The van der Waals surface area contributed by atoms with Crippen molar-refractivity contribution >= 4 is 5.97 Å². The van der Waals surface area contributed by atoms with E-state index in [0.29, 0.717) is 12.5 Å². The van der Waals surface area contributed by atoms with Crippen LogP contribution in [0.25, 0.3) is 0 Å². The number of ether oxygens (including phenoxy) is 1. The Balaban J connectivity index is 3.63. The molecule has 0 aliphatic heterocycles. The monoisotopic (exact) mass is 215 g/mol. The van der Waals surface area contributed by atoms with Crippen LogP contribution in [0.2, 0.25) is 0 Å². The number of nitrogens with zero attached hydrogens (tertiary/aromatic N) is 1. The summed E-state index contributed by atoms with van der Waals surface area (Å²) < 4.78 is 4.60. The molecule has 0 aliphatic rings. The van der Waals surface area contributed by atoms with Crippen molar-refractivity contribution in [3.63, 3.8) is 0 Å². The fourth-order valence-electron chi connectivity index (χ4n) is 1.66. The van der Waals surface area contributed by atoms with E-state index in [2.05, 4.69) is 37.5 Å². The van der Waals surface area contributed by atoms with E-state index in [9.17, 15) is 4.79 Å². The lowest BCUT2D eigenvalue weighted by molar-refractivity contribution is -0.140. The van der Waals surface area contributed by atoms with Crippen LogP contribution >= 0.6 is 0 Å². The van der Waals surface area contributed by atoms with Crippen LogP contribution in [0.1, 0.15) is 40.0 Å². The summed E-state index contributed by atoms with van der Waals surface area (Å²) in [5.41, 5.74) is 0. The number of carbonyl (C=O) groups is 1. The number of esters is 1. The van der Waals surface area contributed by atoms with Crippen LogP contribution in [-0.2, 0) is 9.53 Å². The Bertz CT molecular complexity index is 180. The van der Waals surface area contributed by atoms with Crippen molar-refractivity contribution in [1.29, 1.82) is 0 Å². The minimum Gasteiger partial charge on any atom is -0.469 e. The lowest BCUT2D eigenvalue weighted by Crippen LogP contribution is -2.31. The molecule has 0 radical (unpaired) electrons. The average Bonchev–Trinajstić information content (AvgIpc) is 2.16. The van der Waals surface area contributed by atoms with Gasteiger partial charge in [-0.2, -0.15) is 0 Å². The number of hydrogen-bond donors (Lipinski definition) is 0. The Morgan fingerprint density at radius 2 is 1.93 bits per heavy atom. The molecule has 3 heteroatoms. The topological polar surface area (TPSA) is 29.5 Å². The first-order valence-electron chi connectivity index (χ1n) is 5.74. The minimum absolute atomic E-state index is 0.111. The van der Waals surface area contributed by atoms with Gasteiger partial charge in [0, 0.05) is 12.5 Å². The fraction of sp³-hybridized carbons (Fsp3) is 0.917. The molecule has 0 fully saturated rings. The van der Waals surface area contributed by atoms with Crippen LogP contribution in [0.15, 0.2) is 0 Å². The Kier molecular flexibility index (Phi) is 7.39. The molecule has 0 bridgehead atoms. The maximum absolute atomic E-state index is 10.9. The smallest absolute Gasteiger partial charge is 0.305 e. The van der Waals surface area contributed by atoms with Gasteiger partial charge in [-0.25, -0.2) is 0 Å². The molecule has 0 saturated carbocycles. The highest BCUT2D eigenvalue weighted by Gasteiger charge is 2.11. The molecule has 0 aromatic rings. The predicted molar refractivity (Wildman–Crippen MR) is 62.8 cm³/mol. The summed E-state index contributed by atoms with van der Waals surface area (Å²) in [5, 5.41) is 0. The van der Waals surface area contributed by atoms with Crippen LogP contribution in [0.5, 0.6) is 0 Å². The second-order valence-electron chi connectivity index (χ2n) is 4.64. The van der Waals surface area contributed by atoms with E-state index >= 15 is 0 Å². The van der Waals surface area contributed by atoms with Crippen molar-refractivity contribution in [3.8, 4) is 0 Å². The Morgan fingerprint density at radius 3 is 2.40 bits per heavy atom. The molecule has 15 heavy (non-hydrogen) atoms. The number of carbonyl (C=O) groups excluding carboxylic acids is 1. The molecule has 0 amide bonds. The Hall–Kier alpha value is -0.570. The molecule has 0 aromatic carbocycles. The quantitative estimate of drug-likeness (QED) is 0.610. The highest BCUT2D eigenvalue weighted by molar-refractivity contribution is 5.69. The van der Waals surface area contributed by atoms with E-state index in [1.807, 2.05) is 0 Å². The lowest BCUT2D eigenvalue weighted by atomic mass is 10.0. The van der Waals surface area contributed by atoms with E-state index < -0.39 is 0 Å². The summed E-state index contributed by atoms with van der Waals surface area (Å²) in [6.45, 7) is 7.67. The highest BCUT2D eigenvalue weighted by atomic mass is 16.5. The first-order valence-corrected chi connectivity index (χ1v) is 5.74. The van der Waals surface area contributed by atoms with Crippen molar-refractivity contribution in [2.45, 2.75) is 46.1 Å². The van der Waals surface area contributed by atoms with Crippen LogP contribution in [-0.4, -0.2) is 37.6 Å². The highest BCUT2D eigenvalue weighted by Crippen LogP contribution is 2.10. The number of methoxy groups -OCH3 is 1. The van der Waals surface area contributed by atoms with Crippen molar-refractivity contribution in [2.24, 2.45) is 5.92 Å². The van der Waals surface area contributed by atoms with Gasteiger partial charge in [0.05, 0.1) is 7.11 Å². The zero-order chi connectivity index (χ0) is 11.8. The molecule has 0 spiro atoms. The molecular weight excluding hydrogens is 190 g/mol. The summed E-state index contributed by atoms with van der Waals surface area (Å²) in [6, 6.07) is 0.586. The van der Waals surface area contributed by atoms with Crippen molar-refractivity contribution < 1.29 is 9.53 Å². The van der Waals surface area contributed by atoms with Gasteiger partial charge in [0.25, 0.3) is 0 Å². The third kappa shape index (κ3) is 7.37. The summed E-state index contributed by atoms with van der Waals surface area (Å²) >= 11 is 0. The zero-order valence-corrected chi connectivity index (χ0v) is 10.7. The maximum Gasteiger partial charge on any atom is 0.305 e.